The third-order valence-corrected chi connectivity index (χ3v) is 4.42. The molecule has 1 heterocycles. The van der Waals surface area contributed by atoms with Gasteiger partial charge < -0.3 is 10.1 Å². The molecule has 1 aliphatic rings. The van der Waals surface area contributed by atoms with Crippen LogP contribution in [0.3, 0.4) is 0 Å². The molecule has 0 bridgehead atoms. The van der Waals surface area contributed by atoms with Gasteiger partial charge in [0.1, 0.15) is 0 Å². The van der Waals surface area contributed by atoms with Crippen molar-refractivity contribution < 1.29 is 14.3 Å². The van der Waals surface area contributed by atoms with E-state index in [9.17, 15) is 9.59 Å². The number of benzene rings is 2. The van der Waals surface area contributed by atoms with Crippen LogP contribution in [-0.2, 0) is 9.53 Å². The van der Waals surface area contributed by atoms with Gasteiger partial charge >= 0.3 is 5.97 Å². The minimum atomic E-state index is -0.389. The van der Waals surface area contributed by atoms with E-state index in [-0.39, 0.29) is 11.9 Å². The fourth-order valence-electron chi connectivity index (χ4n) is 2.28. The summed E-state index contributed by atoms with van der Waals surface area (Å²) in [6.45, 7) is 1.99. The van der Waals surface area contributed by atoms with E-state index in [1.54, 1.807) is 30.3 Å². The molecule has 1 saturated heterocycles. The standard InChI is InChI=1S/C19H16N2O3S/c1-12-4-3-5-15(10-12)20-19-21-17(22)16(25-19)11-13-6-8-14(9-7-13)18(23)24-2/h3-11H,1-2H3,(H,20,21,22)/b16-11+. The molecule has 3 rings (SSSR count). The molecule has 1 fully saturated rings. The summed E-state index contributed by atoms with van der Waals surface area (Å²) >= 11 is 1.29. The van der Waals surface area contributed by atoms with E-state index in [0.29, 0.717) is 15.6 Å². The molecular formula is C19H16N2O3S. The Bertz CT molecular complexity index is 886. The normalized spacial score (nSPS) is 17.0. The van der Waals surface area contributed by atoms with Crippen LogP contribution in [-0.4, -0.2) is 24.2 Å². The number of carbonyl (C=O) groups excluding carboxylic acids is 2. The Hall–Kier alpha value is -2.86. The van der Waals surface area contributed by atoms with Gasteiger partial charge in [0.15, 0.2) is 5.17 Å². The van der Waals surface area contributed by atoms with Gasteiger partial charge in [-0.3, -0.25) is 4.79 Å². The van der Waals surface area contributed by atoms with Crippen molar-refractivity contribution in [3.8, 4) is 0 Å². The highest BCUT2D eigenvalue weighted by molar-refractivity contribution is 8.18. The number of amidine groups is 1. The number of amides is 1. The molecule has 25 heavy (non-hydrogen) atoms. The maximum absolute atomic E-state index is 12.1. The molecule has 1 aliphatic heterocycles. The third-order valence-electron chi connectivity index (χ3n) is 3.51. The summed E-state index contributed by atoms with van der Waals surface area (Å²) in [7, 11) is 1.34. The number of carbonyl (C=O) groups is 2. The highest BCUT2D eigenvalue weighted by Crippen LogP contribution is 2.28. The van der Waals surface area contributed by atoms with Crippen molar-refractivity contribution in [3.63, 3.8) is 0 Å². The number of aliphatic imine (C=N–C) groups is 1. The fourth-order valence-corrected chi connectivity index (χ4v) is 3.12. The first-order valence-electron chi connectivity index (χ1n) is 7.60. The summed E-state index contributed by atoms with van der Waals surface area (Å²) in [5.74, 6) is -0.576. The monoisotopic (exact) mass is 352 g/mol. The highest BCUT2D eigenvalue weighted by Gasteiger charge is 2.23. The smallest absolute Gasteiger partial charge is 0.337 e. The maximum Gasteiger partial charge on any atom is 0.337 e. The zero-order valence-electron chi connectivity index (χ0n) is 13.8. The van der Waals surface area contributed by atoms with Gasteiger partial charge in [-0.1, -0.05) is 24.3 Å². The van der Waals surface area contributed by atoms with Crippen LogP contribution >= 0.6 is 11.8 Å². The van der Waals surface area contributed by atoms with Crippen molar-refractivity contribution in [2.75, 3.05) is 7.11 Å². The zero-order valence-corrected chi connectivity index (χ0v) is 14.6. The molecule has 0 saturated carbocycles. The molecule has 2 aromatic rings. The second-order valence-corrected chi connectivity index (χ2v) is 6.46. The number of rotatable bonds is 3. The molecule has 0 unspecified atom stereocenters. The maximum atomic E-state index is 12.1. The minimum absolute atomic E-state index is 0.187. The van der Waals surface area contributed by atoms with Crippen LogP contribution < -0.4 is 5.32 Å². The summed E-state index contributed by atoms with van der Waals surface area (Å²) in [6.07, 6.45) is 1.76. The molecule has 0 spiro atoms. The van der Waals surface area contributed by atoms with Crippen molar-refractivity contribution >= 4 is 40.6 Å². The molecule has 0 aliphatic carbocycles. The van der Waals surface area contributed by atoms with E-state index in [1.807, 2.05) is 31.2 Å². The lowest BCUT2D eigenvalue weighted by Crippen LogP contribution is -2.19. The first-order chi connectivity index (χ1) is 12.0. The first-order valence-corrected chi connectivity index (χ1v) is 8.41. The van der Waals surface area contributed by atoms with Gasteiger partial charge in [-0.15, -0.1) is 0 Å². The molecule has 6 heteroatoms. The third kappa shape index (κ3) is 4.16. The molecule has 1 amide bonds. The molecule has 0 atom stereocenters. The Morgan fingerprint density at radius 1 is 1.20 bits per heavy atom. The average Bonchev–Trinajstić information content (AvgIpc) is 2.94. The number of nitrogens with zero attached hydrogens (tertiary/aromatic N) is 1. The zero-order chi connectivity index (χ0) is 17.8. The van der Waals surface area contributed by atoms with Crippen LogP contribution in [0.1, 0.15) is 21.5 Å². The van der Waals surface area contributed by atoms with Gasteiger partial charge in [-0.25, -0.2) is 9.79 Å². The Morgan fingerprint density at radius 3 is 2.64 bits per heavy atom. The van der Waals surface area contributed by atoms with Gasteiger partial charge in [-0.2, -0.15) is 0 Å². The molecule has 0 aromatic heterocycles. The second-order valence-electron chi connectivity index (χ2n) is 5.43. The fraction of sp³-hybridized carbons (Fsp3) is 0.105. The lowest BCUT2D eigenvalue weighted by molar-refractivity contribution is -0.115. The van der Waals surface area contributed by atoms with E-state index in [4.69, 9.17) is 0 Å². The van der Waals surface area contributed by atoms with Crippen molar-refractivity contribution in [2.24, 2.45) is 4.99 Å². The summed E-state index contributed by atoms with van der Waals surface area (Å²) in [6, 6.07) is 14.6. The van der Waals surface area contributed by atoms with Gasteiger partial charge in [0.25, 0.3) is 5.91 Å². The van der Waals surface area contributed by atoms with Crippen molar-refractivity contribution in [1.29, 1.82) is 0 Å². The Morgan fingerprint density at radius 2 is 1.96 bits per heavy atom. The van der Waals surface area contributed by atoms with Crippen LogP contribution in [0.2, 0.25) is 0 Å². The van der Waals surface area contributed by atoms with E-state index in [1.165, 1.54) is 18.9 Å². The first kappa shape index (κ1) is 17.0. The molecule has 2 aromatic carbocycles. The van der Waals surface area contributed by atoms with Gasteiger partial charge in [0, 0.05) is 0 Å². The number of thioether (sulfide) groups is 1. The topological polar surface area (TPSA) is 67.8 Å². The SMILES string of the molecule is COC(=O)c1ccc(/C=C2/SC(=Nc3cccc(C)c3)NC2=O)cc1. The molecule has 1 N–H and O–H groups in total. The quantitative estimate of drug-likeness (QED) is 0.676. The second kappa shape index (κ2) is 7.36. The molecule has 126 valence electrons. The van der Waals surface area contributed by atoms with E-state index in [0.717, 1.165) is 16.8 Å². The number of esters is 1. The molecular weight excluding hydrogens is 336 g/mol. The van der Waals surface area contributed by atoms with Gasteiger partial charge in [0.05, 0.1) is 23.3 Å². The van der Waals surface area contributed by atoms with Crippen molar-refractivity contribution in [2.45, 2.75) is 6.92 Å². The lowest BCUT2D eigenvalue weighted by Gasteiger charge is -2.00. The number of aryl methyl sites for hydroxylation is 1. The van der Waals surface area contributed by atoms with Crippen LogP contribution in [0.4, 0.5) is 5.69 Å². The summed E-state index contributed by atoms with van der Waals surface area (Å²) in [5, 5.41) is 3.31. The number of methoxy groups -OCH3 is 1. The van der Waals surface area contributed by atoms with Gasteiger partial charge in [0.2, 0.25) is 0 Å². The number of nitrogens with one attached hydrogen (secondary N) is 1. The van der Waals surface area contributed by atoms with Crippen molar-refractivity contribution in [1.82, 2.24) is 5.32 Å². The number of ether oxygens (including phenoxy) is 1. The Kier molecular flexibility index (Phi) is 5.00. The predicted molar refractivity (Wildman–Crippen MR) is 99.8 cm³/mol. The Balaban J connectivity index is 1.78. The van der Waals surface area contributed by atoms with Crippen LogP contribution in [0.15, 0.2) is 58.4 Å². The lowest BCUT2D eigenvalue weighted by atomic mass is 10.1. The summed E-state index contributed by atoms with van der Waals surface area (Å²) < 4.78 is 4.67. The molecule has 5 nitrogen and oxygen atoms in total. The number of hydrogen-bond donors (Lipinski definition) is 1. The largest absolute Gasteiger partial charge is 0.465 e. The van der Waals surface area contributed by atoms with Crippen molar-refractivity contribution in [3.05, 3.63) is 70.1 Å². The molecule has 0 radical (unpaired) electrons. The average molecular weight is 352 g/mol. The summed E-state index contributed by atoms with van der Waals surface area (Å²) in [4.78, 5) is 28.6. The predicted octanol–water partition coefficient (Wildman–Crippen LogP) is 3.67. The van der Waals surface area contributed by atoms with E-state index < -0.39 is 0 Å². The van der Waals surface area contributed by atoms with E-state index >= 15 is 0 Å². The highest BCUT2D eigenvalue weighted by atomic mass is 32.2. The number of hydrogen-bond acceptors (Lipinski definition) is 5. The van der Waals surface area contributed by atoms with Crippen LogP contribution in [0.5, 0.6) is 0 Å². The van der Waals surface area contributed by atoms with E-state index in [2.05, 4.69) is 15.0 Å². The Labute approximate surface area is 149 Å². The van der Waals surface area contributed by atoms with Gasteiger partial charge in [-0.05, 0) is 60.2 Å². The van der Waals surface area contributed by atoms with Crippen LogP contribution in [0.25, 0.3) is 6.08 Å². The minimum Gasteiger partial charge on any atom is -0.465 e. The van der Waals surface area contributed by atoms with Crippen LogP contribution in [0, 0.1) is 6.92 Å². The summed E-state index contributed by atoms with van der Waals surface area (Å²) in [5.41, 5.74) is 3.20.